The van der Waals surface area contributed by atoms with E-state index in [2.05, 4.69) is 29.4 Å². The zero-order chi connectivity index (χ0) is 38.3. The molecule has 0 aliphatic carbocycles. The first kappa shape index (κ1) is 40.6. The highest BCUT2D eigenvalue weighted by Crippen LogP contribution is 2.32. The SMILES string of the molecule is COc1ccc(-c2ccccc2)cc1NC(=O)[C@@H]1CCCN1C(=O)C(C)=C[C@H](C(C)C)N(C)C(=O)[C@@H](NC(=O)[C@H]1CCCCN1C(C)C)C(C)(C)C. The fraction of sp³-hybridized carbons (Fsp3) is 0.571. The van der Waals surface area contributed by atoms with Crippen molar-refractivity contribution in [3.05, 3.63) is 60.2 Å². The van der Waals surface area contributed by atoms with E-state index in [1.807, 2.05) is 89.2 Å². The lowest BCUT2D eigenvalue weighted by Gasteiger charge is -2.41. The third-order valence-electron chi connectivity index (χ3n) is 10.5. The zero-order valence-electron chi connectivity index (χ0n) is 33.0. The number of ether oxygens (including phenoxy) is 1. The number of piperidine rings is 1. The first-order valence-electron chi connectivity index (χ1n) is 18.9. The van der Waals surface area contributed by atoms with Gasteiger partial charge in [0.1, 0.15) is 17.8 Å². The second-order valence-corrected chi connectivity index (χ2v) is 16.1. The van der Waals surface area contributed by atoms with Gasteiger partial charge >= 0.3 is 0 Å². The Balaban J connectivity index is 1.51. The van der Waals surface area contributed by atoms with E-state index in [-0.39, 0.29) is 41.6 Å². The van der Waals surface area contributed by atoms with Crippen molar-refractivity contribution < 1.29 is 23.9 Å². The lowest BCUT2D eigenvalue weighted by Crippen LogP contribution is -2.60. The number of methoxy groups -OCH3 is 1. The average molecular weight is 716 g/mol. The van der Waals surface area contributed by atoms with E-state index in [4.69, 9.17) is 4.74 Å². The molecule has 2 heterocycles. The van der Waals surface area contributed by atoms with E-state index in [0.29, 0.717) is 36.4 Å². The van der Waals surface area contributed by atoms with E-state index < -0.39 is 23.5 Å². The summed E-state index contributed by atoms with van der Waals surface area (Å²) in [6.07, 6.45) is 5.90. The number of nitrogens with zero attached hydrogens (tertiary/aromatic N) is 3. The van der Waals surface area contributed by atoms with Crippen molar-refractivity contribution in [2.45, 2.75) is 118 Å². The number of hydrogen-bond donors (Lipinski definition) is 2. The summed E-state index contributed by atoms with van der Waals surface area (Å²) in [7, 11) is 3.31. The van der Waals surface area contributed by atoms with Gasteiger partial charge in [0.15, 0.2) is 0 Å². The molecule has 4 rings (SSSR count). The Morgan fingerprint density at radius 2 is 1.56 bits per heavy atom. The van der Waals surface area contributed by atoms with Gasteiger partial charge in [-0.2, -0.15) is 0 Å². The Bertz CT molecular complexity index is 1600. The quantitative estimate of drug-likeness (QED) is 0.243. The van der Waals surface area contributed by atoms with Crippen molar-refractivity contribution >= 4 is 29.3 Å². The van der Waals surface area contributed by atoms with Gasteiger partial charge < -0.3 is 25.2 Å². The molecule has 2 aromatic carbocycles. The summed E-state index contributed by atoms with van der Waals surface area (Å²) in [4.78, 5) is 61.3. The predicted octanol–water partition coefficient (Wildman–Crippen LogP) is 6.51. The van der Waals surface area contributed by atoms with E-state index in [0.717, 1.165) is 36.9 Å². The maximum Gasteiger partial charge on any atom is 0.249 e. The molecule has 4 atom stereocenters. The molecule has 0 saturated carbocycles. The number of benzene rings is 2. The second kappa shape index (κ2) is 17.6. The standard InChI is InChI=1S/C42H61N5O5/c1-27(2)35(45(9)41(51)37(42(6,7)8)44-39(49)33-19-14-15-23-46(33)28(3)4)25-29(5)40(50)47-24-16-20-34(47)38(48)43-32-26-31(21-22-36(32)52-10)30-17-12-11-13-18-30/h11-13,17-18,21-22,25-28,33-35,37H,14-16,19-20,23-24H2,1-10H3,(H,43,48)(H,44,49)/t33-,34+,35-,37-/m1/s1. The molecule has 2 aromatic rings. The van der Waals surface area contributed by atoms with Crippen molar-refractivity contribution in [3.63, 3.8) is 0 Å². The molecule has 2 N–H and O–H groups in total. The molecule has 0 aromatic heterocycles. The molecule has 0 unspecified atom stereocenters. The number of amides is 4. The molecule has 52 heavy (non-hydrogen) atoms. The Morgan fingerprint density at radius 1 is 0.885 bits per heavy atom. The molecule has 4 amide bonds. The third-order valence-corrected chi connectivity index (χ3v) is 10.5. The van der Waals surface area contributed by atoms with Gasteiger partial charge in [-0.15, -0.1) is 0 Å². The largest absolute Gasteiger partial charge is 0.495 e. The molecule has 2 aliphatic heterocycles. The highest BCUT2D eigenvalue weighted by molar-refractivity contribution is 6.02. The van der Waals surface area contributed by atoms with Crippen LogP contribution in [0.3, 0.4) is 0 Å². The fourth-order valence-corrected chi connectivity index (χ4v) is 7.51. The second-order valence-electron chi connectivity index (χ2n) is 16.1. The van der Waals surface area contributed by atoms with Crippen LogP contribution < -0.4 is 15.4 Å². The molecule has 2 fully saturated rings. The van der Waals surface area contributed by atoms with E-state index in [1.54, 1.807) is 30.9 Å². The highest BCUT2D eigenvalue weighted by atomic mass is 16.5. The summed E-state index contributed by atoms with van der Waals surface area (Å²) >= 11 is 0. The lowest BCUT2D eigenvalue weighted by molar-refractivity contribution is -0.142. The number of carbonyl (C=O) groups excluding carboxylic acids is 4. The van der Waals surface area contributed by atoms with Crippen molar-refractivity contribution in [2.75, 3.05) is 32.6 Å². The van der Waals surface area contributed by atoms with Crippen LogP contribution in [-0.2, 0) is 19.2 Å². The van der Waals surface area contributed by atoms with Gasteiger partial charge in [0.25, 0.3) is 0 Å². The van der Waals surface area contributed by atoms with Crippen LogP contribution in [0.4, 0.5) is 5.69 Å². The smallest absolute Gasteiger partial charge is 0.249 e. The highest BCUT2D eigenvalue weighted by Gasteiger charge is 2.40. The maximum atomic E-state index is 14.3. The van der Waals surface area contributed by atoms with E-state index in [9.17, 15) is 19.2 Å². The third kappa shape index (κ3) is 9.62. The van der Waals surface area contributed by atoms with Gasteiger partial charge in [0, 0.05) is 25.2 Å². The number of hydrogen-bond acceptors (Lipinski definition) is 6. The van der Waals surface area contributed by atoms with Crippen LogP contribution in [0.15, 0.2) is 60.2 Å². The summed E-state index contributed by atoms with van der Waals surface area (Å²) in [5, 5.41) is 6.18. The number of rotatable bonds is 12. The molecule has 284 valence electrons. The van der Waals surface area contributed by atoms with Gasteiger partial charge in [-0.1, -0.05) is 83.5 Å². The molecule has 2 aliphatic rings. The Morgan fingerprint density at radius 3 is 2.17 bits per heavy atom. The molecule has 10 nitrogen and oxygen atoms in total. The van der Waals surface area contributed by atoms with Crippen LogP contribution in [0.1, 0.15) is 87.5 Å². The van der Waals surface area contributed by atoms with Crippen molar-refractivity contribution in [3.8, 4) is 16.9 Å². The molecule has 0 bridgehead atoms. The number of carbonyl (C=O) groups is 4. The van der Waals surface area contributed by atoms with Crippen LogP contribution >= 0.6 is 0 Å². The normalized spacial score (nSPS) is 19.7. The van der Waals surface area contributed by atoms with Crippen molar-refractivity contribution in [1.82, 2.24) is 20.0 Å². The van der Waals surface area contributed by atoms with Crippen LogP contribution in [-0.4, -0.2) is 95.8 Å². The van der Waals surface area contributed by atoms with E-state index in [1.165, 1.54) is 0 Å². The van der Waals surface area contributed by atoms with Gasteiger partial charge in [-0.05, 0) is 87.6 Å². The molecule has 10 heteroatoms. The summed E-state index contributed by atoms with van der Waals surface area (Å²) in [6.45, 7) is 17.2. The topological polar surface area (TPSA) is 111 Å². The Kier molecular flexibility index (Phi) is 13.7. The van der Waals surface area contributed by atoms with Crippen molar-refractivity contribution in [1.29, 1.82) is 0 Å². The molecule has 0 spiro atoms. The lowest BCUT2D eigenvalue weighted by atomic mass is 9.84. The number of anilines is 1. The summed E-state index contributed by atoms with van der Waals surface area (Å²) < 4.78 is 5.56. The Hall–Kier alpha value is -4.18. The zero-order valence-corrected chi connectivity index (χ0v) is 33.0. The van der Waals surface area contributed by atoms with Gasteiger partial charge in [-0.3, -0.25) is 24.1 Å². The monoisotopic (exact) mass is 715 g/mol. The van der Waals surface area contributed by atoms with Gasteiger partial charge in [0.2, 0.25) is 23.6 Å². The average Bonchev–Trinajstić information content (AvgIpc) is 3.62. The fourth-order valence-electron chi connectivity index (χ4n) is 7.51. The molecule has 2 saturated heterocycles. The number of nitrogens with one attached hydrogen (secondary N) is 2. The van der Waals surface area contributed by atoms with E-state index >= 15 is 0 Å². The van der Waals surface area contributed by atoms with Crippen molar-refractivity contribution in [2.24, 2.45) is 11.3 Å². The van der Waals surface area contributed by atoms with Crippen LogP contribution in [0, 0.1) is 11.3 Å². The van der Waals surface area contributed by atoms with Gasteiger partial charge in [0.05, 0.1) is 24.9 Å². The van der Waals surface area contributed by atoms with Crippen LogP contribution in [0.2, 0.25) is 0 Å². The first-order valence-corrected chi connectivity index (χ1v) is 18.9. The summed E-state index contributed by atoms with van der Waals surface area (Å²) in [6, 6.07) is 13.7. The molecule has 0 radical (unpaired) electrons. The maximum absolute atomic E-state index is 14.3. The number of likely N-dealkylation sites (tertiary alicyclic amines) is 2. The summed E-state index contributed by atoms with van der Waals surface area (Å²) in [5.41, 5.74) is 2.41. The van der Waals surface area contributed by atoms with Crippen LogP contribution in [0.5, 0.6) is 5.75 Å². The van der Waals surface area contributed by atoms with Crippen LogP contribution in [0.25, 0.3) is 11.1 Å². The minimum Gasteiger partial charge on any atom is -0.495 e. The first-order chi connectivity index (χ1) is 24.5. The molecular weight excluding hydrogens is 654 g/mol. The summed E-state index contributed by atoms with van der Waals surface area (Å²) in [5.74, 6) is -0.305. The number of likely N-dealkylation sites (N-methyl/N-ethyl adjacent to an activating group) is 1. The Labute approximate surface area is 311 Å². The molecular formula is C42H61N5O5. The van der Waals surface area contributed by atoms with Gasteiger partial charge in [-0.25, -0.2) is 0 Å². The predicted molar refractivity (Wildman–Crippen MR) is 208 cm³/mol. The minimum atomic E-state index is -0.754. The minimum absolute atomic E-state index is 0.0233.